The van der Waals surface area contributed by atoms with Gasteiger partial charge in [0.1, 0.15) is 11.6 Å². The third-order valence-corrected chi connectivity index (χ3v) is 4.02. The van der Waals surface area contributed by atoms with Crippen molar-refractivity contribution in [3.8, 4) is 5.75 Å². The number of imide groups is 1. The molecule has 0 radical (unpaired) electrons. The van der Waals surface area contributed by atoms with Crippen LogP contribution in [0.4, 0.5) is 9.18 Å². The van der Waals surface area contributed by atoms with Gasteiger partial charge in [-0.2, -0.15) is 0 Å². The molecule has 0 unspecified atom stereocenters. The van der Waals surface area contributed by atoms with Crippen LogP contribution in [0.5, 0.6) is 5.75 Å². The van der Waals surface area contributed by atoms with Crippen molar-refractivity contribution in [2.75, 3.05) is 7.11 Å². The number of hydrogen-bond acceptors (Lipinski definition) is 4. The maximum absolute atomic E-state index is 13.5. The Balaban J connectivity index is 1.92. The molecule has 24 heavy (non-hydrogen) atoms. The van der Waals surface area contributed by atoms with Crippen LogP contribution in [-0.2, 0) is 16.9 Å². The quantitative estimate of drug-likeness (QED) is 0.873. The fraction of sp³-hybridized carbons (Fsp3) is 0.235. The van der Waals surface area contributed by atoms with Crippen molar-refractivity contribution >= 4 is 11.9 Å². The largest absolute Gasteiger partial charge is 0.496 e. The van der Waals surface area contributed by atoms with Crippen molar-refractivity contribution in [2.45, 2.75) is 19.0 Å². The summed E-state index contributed by atoms with van der Waals surface area (Å²) in [5.74, 6) is -0.508. The van der Waals surface area contributed by atoms with Crippen LogP contribution in [0.1, 0.15) is 18.2 Å². The Bertz CT molecular complexity index is 797. The number of amides is 3. The first kappa shape index (κ1) is 15.9. The Morgan fingerprint density at radius 3 is 2.75 bits per heavy atom. The number of methoxy groups -OCH3 is 1. The van der Waals surface area contributed by atoms with Gasteiger partial charge in [0.15, 0.2) is 5.54 Å². The zero-order valence-corrected chi connectivity index (χ0v) is 13.2. The summed E-state index contributed by atoms with van der Waals surface area (Å²) in [6.07, 6.45) is 1.55. The number of nitrogens with zero attached hydrogens (tertiary/aromatic N) is 2. The molecular weight excluding hydrogens is 313 g/mol. The summed E-state index contributed by atoms with van der Waals surface area (Å²) >= 11 is 0. The van der Waals surface area contributed by atoms with Gasteiger partial charge in [0.05, 0.1) is 19.3 Å². The molecule has 124 valence electrons. The molecule has 0 bridgehead atoms. The van der Waals surface area contributed by atoms with Gasteiger partial charge in [-0.15, -0.1) is 0 Å². The van der Waals surface area contributed by atoms with E-state index < -0.39 is 23.3 Å². The summed E-state index contributed by atoms with van der Waals surface area (Å²) in [5.41, 5.74) is -0.401. The molecule has 7 heteroatoms. The first-order valence-electron chi connectivity index (χ1n) is 7.34. The highest BCUT2D eigenvalue weighted by Gasteiger charge is 2.50. The molecule has 1 atom stereocenters. The van der Waals surface area contributed by atoms with Gasteiger partial charge in [-0.05, 0) is 37.3 Å². The Kier molecular flexibility index (Phi) is 3.92. The van der Waals surface area contributed by atoms with Gasteiger partial charge in [0.25, 0.3) is 5.91 Å². The van der Waals surface area contributed by atoms with Crippen LogP contribution in [0.3, 0.4) is 0 Å². The molecule has 2 heterocycles. The third kappa shape index (κ3) is 2.58. The van der Waals surface area contributed by atoms with Crippen LogP contribution in [0.15, 0.2) is 42.6 Å². The van der Waals surface area contributed by atoms with Crippen molar-refractivity contribution in [3.63, 3.8) is 0 Å². The van der Waals surface area contributed by atoms with Crippen molar-refractivity contribution in [1.82, 2.24) is 15.2 Å². The van der Waals surface area contributed by atoms with Gasteiger partial charge in [-0.3, -0.25) is 14.7 Å². The maximum atomic E-state index is 13.5. The minimum absolute atomic E-state index is 0.0893. The lowest BCUT2D eigenvalue weighted by atomic mass is 9.97. The maximum Gasteiger partial charge on any atom is 0.325 e. The SMILES string of the molecule is COc1ccc(F)cc1CN1C(=O)N[C@](C)(c2ccccn2)C1=O. The molecule has 1 saturated heterocycles. The molecule has 1 aliphatic rings. The number of benzene rings is 1. The molecule has 2 aromatic rings. The predicted octanol–water partition coefficient (Wildman–Crippen LogP) is 2.20. The van der Waals surface area contributed by atoms with Gasteiger partial charge in [-0.25, -0.2) is 9.18 Å². The number of carbonyl (C=O) groups is 2. The van der Waals surface area contributed by atoms with Crippen LogP contribution < -0.4 is 10.1 Å². The van der Waals surface area contributed by atoms with Gasteiger partial charge in [-0.1, -0.05) is 6.07 Å². The summed E-state index contributed by atoms with van der Waals surface area (Å²) in [7, 11) is 1.45. The van der Waals surface area contributed by atoms with Gasteiger partial charge in [0.2, 0.25) is 0 Å². The number of hydrogen-bond donors (Lipinski definition) is 1. The molecule has 0 spiro atoms. The minimum Gasteiger partial charge on any atom is -0.496 e. The van der Waals surface area contributed by atoms with E-state index in [1.165, 1.54) is 25.3 Å². The Morgan fingerprint density at radius 2 is 2.08 bits per heavy atom. The van der Waals surface area contributed by atoms with E-state index in [0.29, 0.717) is 17.0 Å². The van der Waals surface area contributed by atoms with E-state index in [1.54, 1.807) is 31.3 Å². The van der Waals surface area contributed by atoms with E-state index in [4.69, 9.17) is 4.74 Å². The number of halogens is 1. The van der Waals surface area contributed by atoms with E-state index in [9.17, 15) is 14.0 Å². The van der Waals surface area contributed by atoms with E-state index >= 15 is 0 Å². The highest BCUT2D eigenvalue weighted by molar-refractivity contribution is 6.06. The standard InChI is InChI=1S/C17H16FN3O3/c1-17(14-5-3-4-8-19-14)15(22)21(16(23)20-17)10-11-9-12(18)6-7-13(11)24-2/h3-9H,10H2,1-2H3,(H,20,23)/t17-/m1/s1. The average molecular weight is 329 g/mol. The van der Waals surface area contributed by atoms with Crippen molar-refractivity contribution in [2.24, 2.45) is 0 Å². The Morgan fingerprint density at radius 1 is 1.29 bits per heavy atom. The lowest BCUT2D eigenvalue weighted by Gasteiger charge is -2.21. The lowest BCUT2D eigenvalue weighted by Crippen LogP contribution is -2.41. The monoisotopic (exact) mass is 329 g/mol. The predicted molar refractivity (Wildman–Crippen MR) is 83.6 cm³/mol. The fourth-order valence-electron chi connectivity index (χ4n) is 2.71. The molecule has 6 nitrogen and oxygen atoms in total. The van der Waals surface area contributed by atoms with E-state index in [-0.39, 0.29) is 6.54 Å². The molecule has 1 fully saturated rings. The summed E-state index contributed by atoms with van der Waals surface area (Å²) in [6.45, 7) is 1.51. The molecule has 1 N–H and O–H groups in total. The van der Waals surface area contributed by atoms with Crippen molar-refractivity contribution in [1.29, 1.82) is 0 Å². The first-order chi connectivity index (χ1) is 11.5. The van der Waals surface area contributed by atoms with Crippen molar-refractivity contribution in [3.05, 3.63) is 59.7 Å². The molecular formula is C17H16FN3O3. The number of carbonyl (C=O) groups excluding carboxylic acids is 2. The van der Waals surface area contributed by atoms with Crippen LogP contribution >= 0.6 is 0 Å². The van der Waals surface area contributed by atoms with Crippen LogP contribution in [0.2, 0.25) is 0 Å². The van der Waals surface area contributed by atoms with Crippen molar-refractivity contribution < 1.29 is 18.7 Å². The molecule has 1 aliphatic heterocycles. The summed E-state index contributed by atoms with van der Waals surface area (Å²) < 4.78 is 18.7. The number of rotatable bonds is 4. The van der Waals surface area contributed by atoms with Crippen LogP contribution in [0.25, 0.3) is 0 Å². The first-order valence-corrected chi connectivity index (χ1v) is 7.34. The molecule has 3 rings (SSSR count). The van der Waals surface area contributed by atoms with Crippen LogP contribution in [0, 0.1) is 5.82 Å². The number of aromatic nitrogens is 1. The minimum atomic E-state index is -1.25. The van der Waals surface area contributed by atoms with E-state index in [1.807, 2.05) is 0 Å². The molecule has 1 aromatic carbocycles. The second-order valence-corrected chi connectivity index (χ2v) is 5.62. The molecule has 1 aromatic heterocycles. The average Bonchev–Trinajstić information content (AvgIpc) is 2.80. The van der Waals surface area contributed by atoms with E-state index in [0.717, 1.165) is 4.90 Å². The number of pyridine rings is 1. The van der Waals surface area contributed by atoms with Crippen LogP contribution in [-0.4, -0.2) is 28.9 Å². The molecule has 0 aliphatic carbocycles. The van der Waals surface area contributed by atoms with Gasteiger partial charge in [0, 0.05) is 11.8 Å². The second kappa shape index (κ2) is 5.92. The third-order valence-electron chi connectivity index (χ3n) is 4.02. The van der Waals surface area contributed by atoms with E-state index in [2.05, 4.69) is 10.3 Å². The summed E-state index contributed by atoms with van der Waals surface area (Å²) in [4.78, 5) is 30.3. The van der Waals surface area contributed by atoms with Gasteiger partial charge >= 0.3 is 6.03 Å². The number of urea groups is 1. The molecule has 0 saturated carbocycles. The topological polar surface area (TPSA) is 71.5 Å². The Hall–Kier alpha value is -2.96. The van der Waals surface area contributed by atoms with Gasteiger partial charge < -0.3 is 10.1 Å². The smallest absolute Gasteiger partial charge is 0.325 e. The lowest BCUT2D eigenvalue weighted by molar-refractivity contribution is -0.131. The summed E-state index contributed by atoms with van der Waals surface area (Å²) in [5, 5.41) is 2.66. The number of nitrogens with one attached hydrogen (secondary N) is 1. The highest BCUT2D eigenvalue weighted by atomic mass is 19.1. The fourth-order valence-corrected chi connectivity index (χ4v) is 2.71. The highest BCUT2D eigenvalue weighted by Crippen LogP contribution is 2.30. The Labute approximate surface area is 138 Å². The second-order valence-electron chi connectivity index (χ2n) is 5.62. The normalized spacial score (nSPS) is 20.2. The zero-order valence-electron chi connectivity index (χ0n) is 13.2. The molecule has 3 amide bonds. The number of ether oxygens (including phenoxy) is 1. The summed E-state index contributed by atoms with van der Waals surface area (Å²) in [6, 6.07) is 8.54. The zero-order chi connectivity index (χ0) is 17.3.